The van der Waals surface area contributed by atoms with Crippen molar-refractivity contribution >= 4 is 0 Å². The van der Waals surface area contributed by atoms with Gasteiger partial charge >= 0.3 is 0 Å². The van der Waals surface area contributed by atoms with Gasteiger partial charge in [0.25, 0.3) is 0 Å². The maximum Gasteiger partial charge on any atom is -0.0391 e. The van der Waals surface area contributed by atoms with E-state index in [-0.39, 0.29) is 0 Å². The first-order valence-corrected chi connectivity index (χ1v) is 11.3. The Morgan fingerprint density at radius 1 is 0.417 bits per heavy atom. The summed E-state index contributed by atoms with van der Waals surface area (Å²) in [7, 11) is 0. The van der Waals surface area contributed by atoms with Crippen LogP contribution >= 0.6 is 0 Å². The number of rotatable bonds is 15. The fourth-order valence-corrected chi connectivity index (χ4v) is 4.03. The fourth-order valence-electron chi connectivity index (χ4n) is 4.03. The second kappa shape index (κ2) is 14.2. The summed E-state index contributed by atoms with van der Waals surface area (Å²) >= 11 is 0. The Morgan fingerprint density at radius 3 is 1.00 bits per heavy atom. The lowest BCUT2D eigenvalue weighted by molar-refractivity contribution is 0.252. The Balaban J connectivity index is 3.58. The molecule has 0 radical (unpaired) electrons. The third-order valence-electron chi connectivity index (χ3n) is 7.45. The molecule has 146 valence electrons. The van der Waals surface area contributed by atoms with E-state index in [1.54, 1.807) is 0 Å². The lowest BCUT2D eigenvalue weighted by Gasteiger charge is -2.25. The van der Waals surface area contributed by atoms with Crippen LogP contribution in [0.4, 0.5) is 0 Å². The first-order valence-electron chi connectivity index (χ1n) is 11.3. The lowest BCUT2D eigenvalue weighted by atomic mass is 9.81. The molecule has 0 heteroatoms. The summed E-state index contributed by atoms with van der Waals surface area (Å²) in [5.41, 5.74) is 0. The summed E-state index contributed by atoms with van der Waals surface area (Å²) in [6.45, 7) is 19.4. The highest BCUT2D eigenvalue weighted by Gasteiger charge is 2.18. The quantitative estimate of drug-likeness (QED) is 0.262. The van der Waals surface area contributed by atoms with Gasteiger partial charge in [-0.3, -0.25) is 0 Å². The molecule has 0 aliphatic heterocycles. The highest BCUT2D eigenvalue weighted by Crippen LogP contribution is 2.28. The smallest absolute Gasteiger partial charge is 0.0391 e. The van der Waals surface area contributed by atoms with Crippen molar-refractivity contribution < 1.29 is 0 Å². The summed E-state index contributed by atoms with van der Waals surface area (Å²) in [6.07, 6.45) is 14.3. The normalized spacial score (nSPS) is 19.5. The summed E-state index contributed by atoms with van der Waals surface area (Å²) in [5.74, 6) is 5.37. The van der Waals surface area contributed by atoms with Crippen LogP contribution in [0.1, 0.15) is 120 Å². The highest BCUT2D eigenvalue weighted by atomic mass is 14.2. The van der Waals surface area contributed by atoms with E-state index in [1.165, 1.54) is 64.2 Å². The van der Waals surface area contributed by atoms with Crippen LogP contribution in [-0.2, 0) is 0 Å². The Bertz CT molecular complexity index is 241. The molecule has 0 saturated heterocycles. The minimum atomic E-state index is 0.889. The maximum atomic E-state index is 2.47. The van der Waals surface area contributed by atoms with Gasteiger partial charge in [-0.05, 0) is 35.5 Å². The Morgan fingerprint density at radius 2 is 0.708 bits per heavy atom. The third-order valence-corrected chi connectivity index (χ3v) is 7.45. The first-order chi connectivity index (χ1) is 11.3. The second-order valence-electron chi connectivity index (χ2n) is 9.14. The molecule has 0 aliphatic carbocycles. The number of hydrogen-bond donors (Lipinski definition) is 0. The van der Waals surface area contributed by atoms with Gasteiger partial charge in [0.15, 0.2) is 0 Å². The van der Waals surface area contributed by atoms with E-state index < -0.39 is 0 Å². The van der Waals surface area contributed by atoms with Gasteiger partial charge in [0.05, 0.1) is 0 Å². The van der Waals surface area contributed by atoms with Gasteiger partial charge in [0, 0.05) is 0 Å². The highest BCUT2D eigenvalue weighted by molar-refractivity contribution is 4.68. The molecule has 6 atom stereocenters. The molecule has 0 nitrogen and oxygen atoms in total. The molecule has 0 spiro atoms. The zero-order valence-corrected chi connectivity index (χ0v) is 18.5. The van der Waals surface area contributed by atoms with E-state index >= 15 is 0 Å². The topological polar surface area (TPSA) is 0 Å². The van der Waals surface area contributed by atoms with Crippen LogP contribution in [-0.4, -0.2) is 0 Å². The molecule has 0 N–H and O–H groups in total. The van der Waals surface area contributed by atoms with E-state index in [1.807, 2.05) is 0 Å². The number of hydrogen-bond acceptors (Lipinski definition) is 0. The Kier molecular flexibility index (Phi) is 14.2. The molecule has 0 heterocycles. The standard InChI is InChI=1S/C24H50/c1-9-19(3)23(7)21(5)17-15-13-11-12-14-16-18-22(6)24(8)20(4)10-2/h19-24H,9-18H2,1-8H3. The molecule has 0 saturated carbocycles. The summed E-state index contributed by atoms with van der Waals surface area (Å²) < 4.78 is 0. The van der Waals surface area contributed by atoms with Crippen molar-refractivity contribution in [3.05, 3.63) is 0 Å². The molecule has 0 aromatic carbocycles. The minimum Gasteiger partial charge on any atom is -0.0651 e. The summed E-state index contributed by atoms with van der Waals surface area (Å²) in [4.78, 5) is 0. The molecule has 0 amide bonds. The predicted molar refractivity (Wildman–Crippen MR) is 113 cm³/mol. The van der Waals surface area contributed by atoms with Crippen molar-refractivity contribution in [1.82, 2.24) is 0 Å². The van der Waals surface area contributed by atoms with Gasteiger partial charge in [-0.15, -0.1) is 0 Å². The molecule has 0 fully saturated rings. The molecule has 0 aromatic heterocycles. The zero-order chi connectivity index (χ0) is 18.5. The molecular weight excluding hydrogens is 288 g/mol. The van der Waals surface area contributed by atoms with Crippen LogP contribution in [0.15, 0.2) is 0 Å². The average Bonchev–Trinajstić information content (AvgIpc) is 2.60. The summed E-state index contributed by atoms with van der Waals surface area (Å²) in [6, 6.07) is 0. The molecule has 6 unspecified atom stereocenters. The molecule has 0 aromatic rings. The van der Waals surface area contributed by atoms with Crippen molar-refractivity contribution in [3.63, 3.8) is 0 Å². The van der Waals surface area contributed by atoms with Gasteiger partial charge in [-0.2, -0.15) is 0 Å². The second-order valence-corrected chi connectivity index (χ2v) is 9.14. The van der Waals surface area contributed by atoms with Crippen LogP contribution < -0.4 is 0 Å². The van der Waals surface area contributed by atoms with Crippen molar-refractivity contribution in [2.24, 2.45) is 35.5 Å². The van der Waals surface area contributed by atoms with Gasteiger partial charge in [-0.25, -0.2) is 0 Å². The Labute approximate surface area is 155 Å². The van der Waals surface area contributed by atoms with Crippen LogP contribution in [0.2, 0.25) is 0 Å². The van der Waals surface area contributed by atoms with E-state index in [9.17, 15) is 0 Å². The SMILES string of the molecule is CCC(C)C(C)C(C)CCCCCCCCC(C)C(C)C(C)CC. The van der Waals surface area contributed by atoms with Crippen molar-refractivity contribution in [3.8, 4) is 0 Å². The molecule has 0 bridgehead atoms. The first kappa shape index (κ1) is 24.0. The van der Waals surface area contributed by atoms with Crippen molar-refractivity contribution in [2.75, 3.05) is 0 Å². The van der Waals surface area contributed by atoms with Crippen LogP contribution in [0, 0.1) is 35.5 Å². The summed E-state index contributed by atoms with van der Waals surface area (Å²) in [5, 5.41) is 0. The van der Waals surface area contributed by atoms with Gasteiger partial charge in [0.1, 0.15) is 0 Å². The van der Waals surface area contributed by atoms with Crippen molar-refractivity contribution in [1.29, 1.82) is 0 Å². The lowest BCUT2D eigenvalue weighted by Crippen LogP contribution is -2.16. The zero-order valence-electron chi connectivity index (χ0n) is 18.5. The van der Waals surface area contributed by atoms with Crippen LogP contribution in [0.5, 0.6) is 0 Å². The Hall–Kier alpha value is 0. The van der Waals surface area contributed by atoms with Crippen LogP contribution in [0.25, 0.3) is 0 Å². The minimum absolute atomic E-state index is 0.889. The molecule has 0 rings (SSSR count). The molecule has 0 aliphatic rings. The molecule has 24 heavy (non-hydrogen) atoms. The average molecular weight is 339 g/mol. The van der Waals surface area contributed by atoms with Gasteiger partial charge in [-0.1, -0.05) is 120 Å². The maximum absolute atomic E-state index is 2.47. The predicted octanol–water partition coefficient (Wildman–Crippen LogP) is 8.74. The van der Waals surface area contributed by atoms with Gasteiger partial charge in [0.2, 0.25) is 0 Å². The number of unbranched alkanes of at least 4 members (excludes halogenated alkanes) is 5. The third kappa shape index (κ3) is 10.1. The van der Waals surface area contributed by atoms with E-state index in [2.05, 4.69) is 55.4 Å². The fraction of sp³-hybridized carbons (Fsp3) is 1.00. The largest absolute Gasteiger partial charge is 0.0651 e. The van der Waals surface area contributed by atoms with E-state index in [0.717, 1.165) is 35.5 Å². The van der Waals surface area contributed by atoms with Gasteiger partial charge < -0.3 is 0 Å². The van der Waals surface area contributed by atoms with Crippen molar-refractivity contribution in [2.45, 2.75) is 120 Å². The van der Waals surface area contributed by atoms with E-state index in [4.69, 9.17) is 0 Å². The molecular formula is C24H50. The monoisotopic (exact) mass is 338 g/mol. The van der Waals surface area contributed by atoms with Crippen LogP contribution in [0.3, 0.4) is 0 Å². The van der Waals surface area contributed by atoms with E-state index in [0.29, 0.717) is 0 Å².